The summed E-state index contributed by atoms with van der Waals surface area (Å²) in [6.07, 6.45) is 3.42. The number of carbonyl (C=O) groups is 2. The Kier molecular flexibility index (Phi) is 7.28. The molecule has 0 radical (unpaired) electrons. The molecule has 7 heteroatoms. The number of amidine groups is 1. The first-order valence-electron chi connectivity index (χ1n) is 11.3. The number of carbonyl (C=O) groups excluding carboxylic acids is 2. The van der Waals surface area contributed by atoms with Crippen molar-refractivity contribution in [2.75, 3.05) is 23.7 Å². The van der Waals surface area contributed by atoms with Crippen molar-refractivity contribution >= 4 is 40.6 Å². The number of aryl methyl sites for hydroxylation is 1. The van der Waals surface area contributed by atoms with Crippen molar-refractivity contribution in [1.29, 1.82) is 5.41 Å². The molecule has 0 spiro atoms. The molecule has 1 fully saturated rings. The van der Waals surface area contributed by atoms with Crippen LogP contribution >= 0.6 is 11.6 Å². The minimum Gasteiger partial charge on any atom is -0.357 e. The first-order chi connectivity index (χ1) is 16.4. The van der Waals surface area contributed by atoms with Crippen LogP contribution in [0.2, 0.25) is 5.02 Å². The maximum atomic E-state index is 12.9. The minimum atomic E-state index is -0.327. The number of amides is 2. The highest BCUT2D eigenvalue weighted by Gasteiger charge is 2.17. The highest BCUT2D eigenvalue weighted by molar-refractivity contribution is 6.30. The number of nitrogens with one attached hydrogen (secondary N) is 3. The summed E-state index contributed by atoms with van der Waals surface area (Å²) in [6, 6.07) is 19.2. The smallest absolute Gasteiger partial charge is 0.257 e. The van der Waals surface area contributed by atoms with Crippen LogP contribution in [0.4, 0.5) is 11.4 Å². The standard InChI is InChI=1S/C27H27ClN4O2/c1-18-5-14-24(23(17-18)27(34)30-22-12-10-21(28)11-13-22)31-26(33)20-8-6-19(7-9-20)25(29)32-15-3-2-4-16-32/h5-14,17,29H,2-4,15-16H2,1H3,(H,30,34)(H,31,33). The molecule has 1 aliphatic heterocycles. The molecule has 0 unspecified atom stereocenters. The van der Waals surface area contributed by atoms with E-state index in [1.54, 1.807) is 60.7 Å². The van der Waals surface area contributed by atoms with E-state index in [1.165, 1.54) is 6.42 Å². The van der Waals surface area contributed by atoms with E-state index in [0.29, 0.717) is 33.4 Å². The monoisotopic (exact) mass is 474 g/mol. The second kappa shape index (κ2) is 10.5. The Bertz CT molecular complexity index is 1200. The molecule has 0 aliphatic carbocycles. The van der Waals surface area contributed by atoms with E-state index in [2.05, 4.69) is 15.5 Å². The molecule has 0 bridgehead atoms. The molecule has 3 N–H and O–H groups in total. The number of piperidine rings is 1. The second-order valence-electron chi connectivity index (χ2n) is 8.44. The maximum absolute atomic E-state index is 12.9. The van der Waals surface area contributed by atoms with Crippen LogP contribution in [0.15, 0.2) is 66.7 Å². The van der Waals surface area contributed by atoms with Gasteiger partial charge in [0.15, 0.2) is 0 Å². The van der Waals surface area contributed by atoms with Gasteiger partial charge in [-0.05, 0) is 74.7 Å². The number of rotatable bonds is 5. The van der Waals surface area contributed by atoms with Crippen LogP contribution in [0.25, 0.3) is 0 Å². The average molecular weight is 475 g/mol. The third kappa shape index (κ3) is 5.64. The summed E-state index contributed by atoms with van der Waals surface area (Å²) < 4.78 is 0. The van der Waals surface area contributed by atoms with Gasteiger partial charge < -0.3 is 15.5 Å². The molecule has 2 amide bonds. The van der Waals surface area contributed by atoms with E-state index in [4.69, 9.17) is 17.0 Å². The number of anilines is 2. The second-order valence-corrected chi connectivity index (χ2v) is 8.87. The zero-order valence-electron chi connectivity index (χ0n) is 19.0. The van der Waals surface area contributed by atoms with Gasteiger partial charge in [-0.15, -0.1) is 0 Å². The summed E-state index contributed by atoms with van der Waals surface area (Å²) in [6.45, 7) is 3.69. The molecule has 0 aromatic heterocycles. The van der Waals surface area contributed by atoms with Crippen LogP contribution in [0.5, 0.6) is 0 Å². The summed E-state index contributed by atoms with van der Waals surface area (Å²) in [5.74, 6) is -0.154. The van der Waals surface area contributed by atoms with E-state index in [-0.39, 0.29) is 11.8 Å². The predicted molar refractivity (Wildman–Crippen MR) is 137 cm³/mol. The Balaban J connectivity index is 1.47. The number of nitrogens with zero attached hydrogens (tertiary/aromatic N) is 1. The topological polar surface area (TPSA) is 85.3 Å². The van der Waals surface area contributed by atoms with E-state index in [9.17, 15) is 9.59 Å². The summed E-state index contributed by atoms with van der Waals surface area (Å²) in [4.78, 5) is 27.9. The maximum Gasteiger partial charge on any atom is 0.257 e. The molecule has 4 rings (SSSR count). The van der Waals surface area contributed by atoms with Gasteiger partial charge in [0, 0.05) is 34.9 Å². The lowest BCUT2D eigenvalue weighted by atomic mass is 10.1. The van der Waals surface area contributed by atoms with E-state index >= 15 is 0 Å². The molecule has 0 saturated carbocycles. The lowest BCUT2D eigenvalue weighted by molar-refractivity contribution is 0.102. The molecule has 0 atom stereocenters. The lowest BCUT2D eigenvalue weighted by Crippen LogP contribution is -2.35. The van der Waals surface area contributed by atoms with Crippen molar-refractivity contribution in [3.8, 4) is 0 Å². The number of hydrogen-bond donors (Lipinski definition) is 3. The Morgan fingerprint density at radius 1 is 0.824 bits per heavy atom. The molecule has 34 heavy (non-hydrogen) atoms. The first kappa shape index (κ1) is 23.5. The summed E-state index contributed by atoms with van der Waals surface area (Å²) in [7, 11) is 0. The molecule has 3 aromatic carbocycles. The van der Waals surface area contributed by atoms with Crippen molar-refractivity contribution in [3.05, 3.63) is 94.0 Å². The zero-order valence-corrected chi connectivity index (χ0v) is 19.8. The fourth-order valence-electron chi connectivity index (χ4n) is 3.96. The number of hydrogen-bond acceptors (Lipinski definition) is 3. The Labute approximate surface area is 204 Å². The fourth-order valence-corrected chi connectivity index (χ4v) is 4.09. The molecule has 1 saturated heterocycles. The molecular weight excluding hydrogens is 448 g/mol. The number of halogens is 1. The Hall–Kier alpha value is -3.64. The van der Waals surface area contributed by atoms with Crippen LogP contribution in [-0.4, -0.2) is 35.6 Å². The average Bonchev–Trinajstić information content (AvgIpc) is 2.86. The van der Waals surface area contributed by atoms with Crippen molar-refractivity contribution in [3.63, 3.8) is 0 Å². The Morgan fingerprint density at radius 3 is 2.15 bits per heavy atom. The van der Waals surface area contributed by atoms with Crippen LogP contribution < -0.4 is 10.6 Å². The van der Waals surface area contributed by atoms with Gasteiger partial charge in [0.2, 0.25) is 0 Å². The lowest BCUT2D eigenvalue weighted by Gasteiger charge is -2.29. The fraction of sp³-hybridized carbons (Fsp3) is 0.222. The van der Waals surface area contributed by atoms with E-state index in [0.717, 1.165) is 37.1 Å². The molecular formula is C27H27ClN4O2. The van der Waals surface area contributed by atoms with Gasteiger partial charge in [-0.1, -0.05) is 35.4 Å². The van der Waals surface area contributed by atoms with E-state index in [1.807, 2.05) is 13.0 Å². The van der Waals surface area contributed by atoms with Crippen LogP contribution in [0, 0.1) is 12.3 Å². The molecule has 6 nitrogen and oxygen atoms in total. The summed E-state index contributed by atoms with van der Waals surface area (Å²) >= 11 is 5.92. The van der Waals surface area contributed by atoms with Gasteiger partial charge in [-0.25, -0.2) is 0 Å². The Morgan fingerprint density at radius 2 is 1.47 bits per heavy atom. The third-order valence-electron chi connectivity index (χ3n) is 5.86. The van der Waals surface area contributed by atoms with Crippen molar-refractivity contribution in [1.82, 2.24) is 4.90 Å². The largest absolute Gasteiger partial charge is 0.357 e. The zero-order chi connectivity index (χ0) is 24.1. The molecule has 1 aliphatic rings. The number of likely N-dealkylation sites (tertiary alicyclic amines) is 1. The predicted octanol–water partition coefficient (Wildman–Crippen LogP) is 5.96. The molecule has 174 valence electrons. The van der Waals surface area contributed by atoms with Gasteiger partial charge in [0.25, 0.3) is 11.8 Å². The summed E-state index contributed by atoms with van der Waals surface area (Å²) in [5.41, 5.74) is 3.55. The van der Waals surface area contributed by atoms with Crippen LogP contribution in [-0.2, 0) is 0 Å². The van der Waals surface area contributed by atoms with Gasteiger partial charge in [-0.3, -0.25) is 15.0 Å². The van der Waals surface area contributed by atoms with Gasteiger partial charge in [0.1, 0.15) is 5.84 Å². The minimum absolute atomic E-state index is 0.319. The van der Waals surface area contributed by atoms with Gasteiger partial charge >= 0.3 is 0 Å². The van der Waals surface area contributed by atoms with Crippen molar-refractivity contribution < 1.29 is 9.59 Å². The highest BCUT2D eigenvalue weighted by atomic mass is 35.5. The van der Waals surface area contributed by atoms with Crippen molar-refractivity contribution in [2.24, 2.45) is 0 Å². The van der Waals surface area contributed by atoms with Crippen molar-refractivity contribution in [2.45, 2.75) is 26.2 Å². The van der Waals surface area contributed by atoms with Gasteiger partial charge in [0.05, 0.1) is 11.3 Å². The van der Waals surface area contributed by atoms with Crippen LogP contribution in [0.3, 0.4) is 0 Å². The first-order valence-corrected chi connectivity index (χ1v) is 11.7. The normalized spacial score (nSPS) is 13.3. The quantitative estimate of drug-likeness (QED) is 0.315. The SMILES string of the molecule is Cc1ccc(NC(=O)c2ccc(C(=N)N3CCCCC3)cc2)c(C(=O)Nc2ccc(Cl)cc2)c1. The highest BCUT2D eigenvalue weighted by Crippen LogP contribution is 2.22. The molecule has 3 aromatic rings. The van der Waals surface area contributed by atoms with Crippen LogP contribution in [0.1, 0.15) is 51.1 Å². The molecule has 1 heterocycles. The summed E-state index contributed by atoms with van der Waals surface area (Å²) in [5, 5.41) is 14.7. The number of benzene rings is 3. The van der Waals surface area contributed by atoms with E-state index < -0.39 is 0 Å². The van der Waals surface area contributed by atoms with Gasteiger partial charge in [-0.2, -0.15) is 0 Å². The third-order valence-corrected chi connectivity index (χ3v) is 6.11.